The minimum atomic E-state index is -0.157. The summed E-state index contributed by atoms with van der Waals surface area (Å²) in [4.78, 5) is 18.3. The Balaban J connectivity index is 1.86. The molecule has 0 radical (unpaired) electrons. The first-order valence-electron chi connectivity index (χ1n) is 8.72. The fourth-order valence-electron chi connectivity index (χ4n) is 2.54. The van der Waals surface area contributed by atoms with Gasteiger partial charge in [-0.25, -0.2) is 4.98 Å². The molecule has 0 unspecified atom stereocenters. The second kappa shape index (κ2) is 7.16. The van der Waals surface area contributed by atoms with Crippen molar-refractivity contribution in [1.82, 2.24) is 4.98 Å². The molecule has 1 N–H and O–H groups in total. The van der Waals surface area contributed by atoms with E-state index in [1.54, 1.807) is 11.8 Å². The Morgan fingerprint density at radius 3 is 2.58 bits per heavy atom. The van der Waals surface area contributed by atoms with Crippen LogP contribution in [0.4, 0.5) is 5.69 Å². The molecular formula is C21H24N2O2S. The molecule has 0 saturated heterocycles. The van der Waals surface area contributed by atoms with Crippen molar-refractivity contribution in [3.63, 3.8) is 0 Å². The molecule has 1 heterocycles. The fraction of sp³-hybridized carbons (Fsp3) is 0.333. The first kappa shape index (κ1) is 18.5. The number of oxazole rings is 1. The molecule has 5 heteroatoms. The summed E-state index contributed by atoms with van der Waals surface area (Å²) in [7, 11) is 0. The molecule has 0 fully saturated rings. The summed E-state index contributed by atoms with van der Waals surface area (Å²) in [6, 6.07) is 13.2. The van der Waals surface area contributed by atoms with Gasteiger partial charge >= 0.3 is 0 Å². The smallest absolute Gasteiger partial charge is 0.256 e. The average molecular weight is 369 g/mol. The summed E-state index contributed by atoms with van der Waals surface area (Å²) in [5, 5.41) is 3.39. The third-order valence-corrected chi connectivity index (χ3v) is 4.86. The van der Waals surface area contributed by atoms with Crippen molar-refractivity contribution >= 4 is 34.5 Å². The van der Waals surface area contributed by atoms with E-state index >= 15 is 0 Å². The zero-order valence-corrected chi connectivity index (χ0v) is 16.6. The Morgan fingerprint density at radius 1 is 1.15 bits per heavy atom. The molecule has 0 aliphatic rings. The highest BCUT2D eigenvalue weighted by atomic mass is 32.2. The van der Waals surface area contributed by atoms with Crippen molar-refractivity contribution in [2.45, 2.75) is 50.2 Å². The second-order valence-corrected chi connectivity index (χ2v) is 9.19. The van der Waals surface area contributed by atoms with Gasteiger partial charge in [-0.2, -0.15) is 0 Å². The molecule has 4 nitrogen and oxygen atoms in total. The molecule has 0 aliphatic carbocycles. The molecule has 3 rings (SSSR count). The Morgan fingerprint density at radius 2 is 1.88 bits per heavy atom. The lowest BCUT2D eigenvalue weighted by molar-refractivity contribution is 0.102. The lowest BCUT2D eigenvalue weighted by atomic mass is 9.97. The highest BCUT2D eigenvalue weighted by Crippen LogP contribution is 2.29. The molecule has 0 aliphatic heterocycles. The van der Waals surface area contributed by atoms with Gasteiger partial charge in [0.25, 0.3) is 5.91 Å². The maximum atomic E-state index is 12.7. The number of carbonyl (C=O) groups excluding carboxylic acids is 1. The van der Waals surface area contributed by atoms with E-state index in [-0.39, 0.29) is 11.3 Å². The monoisotopic (exact) mass is 368 g/mol. The van der Waals surface area contributed by atoms with Crippen LogP contribution >= 0.6 is 11.8 Å². The van der Waals surface area contributed by atoms with Crippen molar-refractivity contribution in [1.29, 1.82) is 0 Å². The molecule has 1 aromatic heterocycles. The van der Waals surface area contributed by atoms with Crippen molar-refractivity contribution in [2.24, 2.45) is 0 Å². The molecule has 0 saturated carbocycles. The maximum absolute atomic E-state index is 12.7. The van der Waals surface area contributed by atoms with Crippen LogP contribution < -0.4 is 5.32 Å². The average Bonchev–Trinajstić information content (AvgIpc) is 2.98. The normalized spacial score (nSPS) is 11.9. The standard InChI is InChI=1S/C21H24N2O2S/c1-13(2)26-18-9-7-6-8-15(18)19(24)22-14-10-11-17-16(12-14)23-20(25-17)21(3,4)5/h6-13H,1-5H3,(H,22,24). The van der Waals surface area contributed by atoms with Crippen LogP contribution in [0.3, 0.4) is 0 Å². The van der Waals surface area contributed by atoms with E-state index in [1.165, 1.54) is 0 Å². The maximum Gasteiger partial charge on any atom is 0.256 e. The summed E-state index contributed by atoms with van der Waals surface area (Å²) < 4.78 is 5.81. The number of thioether (sulfide) groups is 1. The number of fused-ring (bicyclic) bond motifs is 1. The summed E-state index contributed by atoms with van der Waals surface area (Å²) >= 11 is 1.68. The third kappa shape index (κ3) is 4.10. The number of hydrogen-bond donors (Lipinski definition) is 1. The predicted octanol–water partition coefficient (Wildman–Crippen LogP) is 5.88. The number of hydrogen-bond acceptors (Lipinski definition) is 4. The second-order valence-electron chi connectivity index (χ2n) is 7.57. The largest absolute Gasteiger partial charge is 0.440 e. The summed E-state index contributed by atoms with van der Waals surface area (Å²) in [6.07, 6.45) is 0. The van der Waals surface area contributed by atoms with Crippen LogP contribution in [0.2, 0.25) is 0 Å². The van der Waals surface area contributed by atoms with Crippen molar-refractivity contribution in [3.8, 4) is 0 Å². The van der Waals surface area contributed by atoms with Crippen LogP contribution in [-0.2, 0) is 5.41 Å². The Hall–Kier alpha value is -2.27. The molecule has 3 aromatic rings. The van der Waals surface area contributed by atoms with Crippen molar-refractivity contribution in [3.05, 3.63) is 53.9 Å². The van der Waals surface area contributed by atoms with E-state index in [2.05, 4.69) is 44.9 Å². The van der Waals surface area contributed by atoms with Crippen molar-refractivity contribution in [2.75, 3.05) is 5.32 Å². The summed E-state index contributed by atoms with van der Waals surface area (Å²) in [5.74, 6) is 0.572. The minimum Gasteiger partial charge on any atom is -0.440 e. The number of nitrogens with zero attached hydrogens (tertiary/aromatic N) is 1. The predicted molar refractivity (Wildman–Crippen MR) is 108 cm³/mol. The van der Waals surface area contributed by atoms with E-state index in [1.807, 2.05) is 42.5 Å². The molecule has 0 bridgehead atoms. The molecular weight excluding hydrogens is 344 g/mol. The van der Waals surface area contributed by atoms with Gasteiger partial charge in [0, 0.05) is 21.2 Å². The highest BCUT2D eigenvalue weighted by Gasteiger charge is 2.21. The molecule has 0 spiro atoms. The quantitative estimate of drug-likeness (QED) is 0.584. The number of aromatic nitrogens is 1. The molecule has 0 atom stereocenters. The van der Waals surface area contributed by atoms with E-state index in [0.29, 0.717) is 22.4 Å². The number of rotatable bonds is 4. The number of nitrogens with one attached hydrogen (secondary N) is 1. The van der Waals surface area contributed by atoms with Crippen LogP contribution in [0.1, 0.15) is 50.9 Å². The van der Waals surface area contributed by atoms with Gasteiger partial charge in [0.1, 0.15) is 5.52 Å². The van der Waals surface area contributed by atoms with Gasteiger partial charge in [-0.05, 0) is 30.3 Å². The zero-order chi connectivity index (χ0) is 18.9. The van der Waals surface area contributed by atoms with Gasteiger partial charge in [0.2, 0.25) is 5.89 Å². The van der Waals surface area contributed by atoms with E-state index in [9.17, 15) is 4.79 Å². The molecule has 1 amide bonds. The zero-order valence-electron chi connectivity index (χ0n) is 15.8. The summed E-state index contributed by atoms with van der Waals surface area (Å²) in [5.41, 5.74) is 2.71. The Kier molecular flexibility index (Phi) is 5.10. The fourth-order valence-corrected chi connectivity index (χ4v) is 3.49. The number of carbonyl (C=O) groups is 1. The van der Waals surface area contributed by atoms with E-state index in [4.69, 9.17) is 4.42 Å². The van der Waals surface area contributed by atoms with Crippen LogP contribution in [-0.4, -0.2) is 16.1 Å². The van der Waals surface area contributed by atoms with Crippen LogP contribution in [0, 0.1) is 0 Å². The molecule has 26 heavy (non-hydrogen) atoms. The van der Waals surface area contributed by atoms with E-state index < -0.39 is 0 Å². The van der Waals surface area contributed by atoms with Gasteiger partial charge in [0.15, 0.2) is 5.58 Å². The van der Waals surface area contributed by atoms with Gasteiger partial charge in [-0.15, -0.1) is 11.8 Å². The Labute approximate surface area is 158 Å². The van der Waals surface area contributed by atoms with Crippen LogP contribution in [0.15, 0.2) is 51.8 Å². The molecule has 2 aromatic carbocycles. The van der Waals surface area contributed by atoms with Gasteiger partial charge in [0.05, 0.1) is 5.56 Å². The lowest BCUT2D eigenvalue weighted by Crippen LogP contribution is -2.13. The third-order valence-electron chi connectivity index (χ3n) is 3.78. The van der Waals surface area contributed by atoms with Crippen molar-refractivity contribution < 1.29 is 9.21 Å². The number of benzene rings is 2. The summed E-state index contributed by atoms with van der Waals surface area (Å²) in [6.45, 7) is 10.4. The highest BCUT2D eigenvalue weighted by molar-refractivity contribution is 8.00. The Bertz CT molecular complexity index is 939. The van der Waals surface area contributed by atoms with E-state index in [0.717, 1.165) is 16.0 Å². The van der Waals surface area contributed by atoms with Gasteiger partial charge in [-0.3, -0.25) is 4.79 Å². The van der Waals surface area contributed by atoms with Gasteiger partial charge < -0.3 is 9.73 Å². The first-order chi connectivity index (χ1) is 12.2. The number of anilines is 1. The van der Waals surface area contributed by atoms with Crippen LogP contribution in [0.5, 0.6) is 0 Å². The van der Waals surface area contributed by atoms with Gasteiger partial charge in [-0.1, -0.05) is 46.8 Å². The SMILES string of the molecule is CC(C)Sc1ccccc1C(=O)Nc1ccc2oc(C(C)(C)C)nc2c1. The topological polar surface area (TPSA) is 55.1 Å². The molecule has 136 valence electrons. The number of amides is 1. The minimum absolute atomic E-state index is 0.118. The van der Waals surface area contributed by atoms with Crippen LogP contribution in [0.25, 0.3) is 11.1 Å². The first-order valence-corrected chi connectivity index (χ1v) is 9.60. The lowest BCUT2D eigenvalue weighted by Gasteiger charge is -2.11.